The molecule has 0 atom stereocenters. The Hall–Kier alpha value is -3.34. The summed E-state index contributed by atoms with van der Waals surface area (Å²) in [6.45, 7) is 10.5. The van der Waals surface area contributed by atoms with Crippen molar-refractivity contribution in [1.82, 2.24) is 0 Å². The Labute approximate surface area is 209 Å². The van der Waals surface area contributed by atoms with Gasteiger partial charge in [0.2, 0.25) is 0 Å². The molecule has 1 aliphatic rings. The standard InChI is InChI=1S/C31H32BNO2/c1-23-10-9-13-29(22-23)33(27-11-7-6-8-12-27)28-20-16-25(17-21-28)24-14-18-26(19-15-24)32-34-30(2,3)31(4,5)35-32/h6-22H,1-5H3. The van der Waals surface area contributed by atoms with Crippen LogP contribution in [-0.4, -0.2) is 18.3 Å². The quantitative estimate of drug-likeness (QED) is 0.289. The molecular weight excluding hydrogens is 429 g/mol. The minimum Gasteiger partial charge on any atom is -0.399 e. The van der Waals surface area contributed by atoms with Crippen LogP contribution in [0, 0.1) is 6.92 Å². The summed E-state index contributed by atoms with van der Waals surface area (Å²) in [5, 5.41) is 0. The molecule has 0 aromatic heterocycles. The van der Waals surface area contributed by atoms with Crippen LogP contribution >= 0.6 is 0 Å². The average molecular weight is 461 g/mol. The van der Waals surface area contributed by atoms with Gasteiger partial charge >= 0.3 is 7.12 Å². The first kappa shape index (κ1) is 23.4. The third kappa shape index (κ3) is 4.64. The van der Waals surface area contributed by atoms with Crippen molar-refractivity contribution in [2.45, 2.75) is 45.8 Å². The lowest BCUT2D eigenvalue weighted by molar-refractivity contribution is 0.00578. The fraction of sp³-hybridized carbons (Fsp3) is 0.226. The number of para-hydroxylation sites is 1. The molecule has 0 radical (unpaired) electrons. The topological polar surface area (TPSA) is 21.7 Å². The van der Waals surface area contributed by atoms with Gasteiger partial charge in [-0.25, -0.2) is 0 Å². The molecule has 0 amide bonds. The molecule has 0 aliphatic carbocycles. The van der Waals surface area contributed by atoms with Crippen molar-refractivity contribution >= 4 is 29.6 Å². The minimum absolute atomic E-state index is 0.339. The van der Waals surface area contributed by atoms with Crippen molar-refractivity contribution in [2.75, 3.05) is 4.90 Å². The number of hydrogen-bond acceptors (Lipinski definition) is 3. The lowest BCUT2D eigenvalue weighted by Gasteiger charge is -2.32. The van der Waals surface area contributed by atoms with E-state index in [-0.39, 0.29) is 18.3 Å². The fourth-order valence-electron chi connectivity index (χ4n) is 4.41. The van der Waals surface area contributed by atoms with E-state index in [1.54, 1.807) is 0 Å². The number of rotatable bonds is 5. The Morgan fingerprint density at radius 1 is 0.571 bits per heavy atom. The van der Waals surface area contributed by atoms with E-state index in [1.807, 2.05) is 6.07 Å². The van der Waals surface area contributed by atoms with Crippen LogP contribution < -0.4 is 10.4 Å². The number of hydrogen-bond donors (Lipinski definition) is 0. The summed E-state index contributed by atoms with van der Waals surface area (Å²) >= 11 is 0. The summed E-state index contributed by atoms with van der Waals surface area (Å²) in [5.41, 5.74) is 7.35. The Morgan fingerprint density at radius 2 is 1.09 bits per heavy atom. The van der Waals surface area contributed by atoms with Crippen LogP contribution in [0.3, 0.4) is 0 Å². The van der Waals surface area contributed by atoms with Crippen LogP contribution in [0.15, 0.2) is 103 Å². The summed E-state index contributed by atoms with van der Waals surface area (Å²) in [4.78, 5) is 2.29. The summed E-state index contributed by atoms with van der Waals surface area (Å²) in [6, 6.07) is 36.3. The Balaban J connectivity index is 1.41. The van der Waals surface area contributed by atoms with Crippen LogP contribution in [0.5, 0.6) is 0 Å². The lowest BCUT2D eigenvalue weighted by atomic mass is 9.78. The minimum atomic E-state index is -0.342. The van der Waals surface area contributed by atoms with E-state index in [2.05, 4.69) is 137 Å². The molecule has 1 saturated heterocycles. The first-order valence-electron chi connectivity index (χ1n) is 12.2. The van der Waals surface area contributed by atoms with Gasteiger partial charge in [-0.05, 0) is 93.2 Å². The van der Waals surface area contributed by atoms with E-state index >= 15 is 0 Å². The molecule has 35 heavy (non-hydrogen) atoms. The zero-order chi connectivity index (χ0) is 24.6. The summed E-state index contributed by atoms with van der Waals surface area (Å²) in [7, 11) is -0.342. The van der Waals surface area contributed by atoms with E-state index < -0.39 is 0 Å². The van der Waals surface area contributed by atoms with Crippen molar-refractivity contribution in [3.8, 4) is 11.1 Å². The molecule has 0 saturated carbocycles. The predicted molar refractivity (Wildman–Crippen MR) is 147 cm³/mol. The Morgan fingerprint density at radius 3 is 1.66 bits per heavy atom. The first-order chi connectivity index (χ1) is 16.7. The summed E-state index contributed by atoms with van der Waals surface area (Å²) in [5.74, 6) is 0. The van der Waals surface area contributed by atoms with Gasteiger partial charge in [-0.1, -0.05) is 66.7 Å². The van der Waals surface area contributed by atoms with Crippen molar-refractivity contribution in [3.63, 3.8) is 0 Å². The lowest BCUT2D eigenvalue weighted by Crippen LogP contribution is -2.41. The van der Waals surface area contributed by atoms with Crippen LogP contribution in [0.25, 0.3) is 11.1 Å². The molecule has 5 rings (SSSR count). The highest BCUT2D eigenvalue weighted by molar-refractivity contribution is 6.62. The van der Waals surface area contributed by atoms with Crippen molar-refractivity contribution in [2.24, 2.45) is 0 Å². The van der Waals surface area contributed by atoms with Gasteiger partial charge in [0.25, 0.3) is 0 Å². The van der Waals surface area contributed by atoms with Crippen molar-refractivity contribution in [3.05, 3.63) is 109 Å². The molecule has 0 unspecified atom stereocenters. The number of nitrogens with zero attached hydrogens (tertiary/aromatic N) is 1. The maximum absolute atomic E-state index is 6.20. The molecule has 0 bridgehead atoms. The highest BCUT2D eigenvalue weighted by Crippen LogP contribution is 2.37. The van der Waals surface area contributed by atoms with Gasteiger partial charge in [0.15, 0.2) is 0 Å². The molecule has 0 spiro atoms. The van der Waals surface area contributed by atoms with Gasteiger partial charge in [-0.15, -0.1) is 0 Å². The molecule has 4 heteroatoms. The number of anilines is 3. The van der Waals surface area contributed by atoms with Crippen LogP contribution in [0.1, 0.15) is 33.3 Å². The van der Waals surface area contributed by atoms with Crippen LogP contribution in [0.4, 0.5) is 17.1 Å². The van der Waals surface area contributed by atoms with E-state index in [0.717, 1.165) is 22.5 Å². The summed E-state index contributed by atoms with van der Waals surface area (Å²) < 4.78 is 12.4. The average Bonchev–Trinajstić information content (AvgIpc) is 3.07. The third-order valence-electron chi connectivity index (χ3n) is 7.17. The molecule has 4 aromatic rings. The van der Waals surface area contributed by atoms with Crippen molar-refractivity contribution in [1.29, 1.82) is 0 Å². The largest absolute Gasteiger partial charge is 0.494 e. The van der Waals surface area contributed by atoms with E-state index in [9.17, 15) is 0 Å². The summed E-state index contributed by atoms with van der Waals surface area (Å²) in [6.07, 6.45) is 0. The Bertz CT molecular complexity index is 1280. The molecule has 176 valence electrons. The molecule has 1 heterocycles. The van der Waals surface area contributed by atoms with Gasteiger partial charge in [-0.3, -0.25) is 0 Å². The first-order valence-corrected chi connectivity index (χ1v) is 12.2. The normalized spacial score (nSPS) is 16.3. The van der Waals surface area contributed by atoms with Crippen molar-refractivity contribution < 1.29 is 9.31 Å². The second-order valence-electron chi connectivity index (χ2n) is 10.3. The van der Waals surface area contributed by atoms with E-state index in [4.69, 9.17) is 9.31 Å². The number of benzene rings is 4. The van der Waals surface area contributed by atoms with Gasteiger partial charge in [0.1, 0.15) is 0 Å². The maximum Gasteiger partial charge on any atom is 0.494 e. The highest BCUT2D eigenvalue weighted by Gasteiger charge is 2.51. The maximum atomic E-state index is 6.20. The Kier molecular flexibility index (Phi) is 6.04. The molecule has 1 aliphatic heterocycles. The second-order valence-corrected chi connectivity index (χ2v) is 10.3. The zero-order valence-corrected chi connectivity index (χ0v) is 21.2. The number of aryl methyl sites for hydroxylation is 1. The predicted octanol–water partition coefficient (Wildman–Crippen LogP) is 7.43. The van der Waals surface area contributed by atoms with Gasteiger partial charge < -0.3 is 14.2 Å². The van der Waals surface area contributed by atoms with E-state index in [0.29, 0.717) is 0 Å². The molecular formula is C31H32BNO2. The zero-order valence-electron chi connectivity index (χ0n) is 21.2. The second kappa shape index (κ2) is 9.03. The van der Waals surface area contributed by atoms with Crippen LogP contribution in [-0.2, 0) is 9.31 Å². The van der Waals surface area contributed by atoms with E-state index in [1.165, 1.54) is 16.7 Å². The van der Waals surface area contributed by atoms with Crippen LogP contribution in [0.2, 0.25) is 0 Å². The van der Waals surface area contributed by atoms with Gasteiger partial charge in [0.05, 0.1) is 11.2 Å². The molecule has 3 nitrogen and oxygen atoms in total. The highest BCUT2D eigenvalue weighted by atomic mass is 16.7. The fourth-order valence-corrected chi connectivity index (χ4v) is 4.41. The smallest absolute Gasteiger partial charge is 0.399 e. The van der Waals surface area contributed by atoms with Gasteiger partial charge in [-0.2, -0.15) is 0 Å². The SMILES string of the molecule is Cc1cccc(N(c2ccccc2)c2ccc(-c3ccc(B4OC(C)(C)C(C)(C)O4)cc3)cc2)c1. The third-order valence-corrected chi connectivity index (χ3v) is 7.17. The monoisotopic (exact) mass is 461 g/mol. The van der Waals surface area contributed by atoms with Gasteiger partial charge in [0, 0.05) is 17.1 Å². The molecule has 4 aromatic carbocycles. The molecule has 1 fully saturated rings. The molecule has 0 N–H and O–H groups in total.